The van der Waals surface area contributed by atoms with Gasteiger partial charge in [-0.3, -0.25) is 19.3 Å². The predicted octanol–water partition coefficient (Wildman–Crippen LogP) is 4.52. The lowest BCUT2D eigenvalue weighted by Crippen LogP contribution is -2.37. The second-order valence-corrected chi connectivity index (χ2v) is 11.1. The Bertz CT molecular complexity index is 1220. The highest BCUT2D eigenvalue weighted by Gasteiger charge is 2.66. The Morgan fingerprint density at radius 3 is 2.34 bits per heavy atom. The van der Waals surface area contributed by atoms with Gasteiger partial charge in [-0.15, -0.1) is 23.2 Å². The Hall–Kier alpha value is -2.42. The number of amides is 3. The van der Waals surface area contributed by atoms with Crippen LogP contribution in [0, 0.1) is 30.6 Å². The lowest BCUT2D eigenvalue weighted by Gasteiger charge is -2.28. The molecule has 1 heterocycles. The number of benzene rings is 2. The molecule has 2 bridgehead atoms. The molecule has 1 N–H and O–H groups in total. The Labute approximate surface area is 220 Å². The first-order valence-electron chi connectivity index (χ1n) is 11.2. The van der Waals surface area contributed by atoms with Gasteiger partial charge in [0.2, 0.25) is 11.8 Å². The van der Waals surface area contributed by atoms with Crippen LogP contribution >= 0.6 is 39.1 Å². The summed E-state index contributed by atoms with van der Waals surface area (Å²) in [5.41, 5.74) is 1.88. The molecular weight excluding hydrogens is 559 g/mol. The van der Waals surface area contributed by atoms with Crippen LogP contribution in [0.3, 0.4) is 0 Å². The summed E-state index contributed by atoms with van der Waals surface area (Å²) in [6.45, 7) is 1.36. The van der Waals surface area contributed by atoms with Crippen molar-refractivity contribution in [2.24, 2.45) is 23.7 Å². The van der Waals surface area contributed by atoms with Gasteiger partial charge in [-0.1, -0.05) is 22.0 Å². The minimum atomic E-state index is -0.740. The summed E-state index contributed by atoms with van der Waals surface area (Å²) in [4.78, 5) is 52.4. The third kappa shape index (κ3) is 4.15. The largest absolute Gasteiger partial charge is 0.452 e. The van der Waals surface area contributed by atoms with E-state index in [-0.39, 0.29) is 45.7 Å². The van der Waals surface area contributed by atoms with Gasteiger partial charge in [0.1, 0.15) is 0 Å². The molecule has 5 rings (SSSR count). The number of alkyl halides is 2. The van der Waals surface area contributed by atoms with Gasteiger partial charge in [-0.25, -0.2) is 4.79 Å². The second kappa shape index (κ2) is 9.22. The number of halogens is 3. The highest BCUT2D eigenvalue weighted by molar-refractivity contribution is 9.10. The lowest BCUT2D eigenvalue weighted by molar-refractivity contribution is -0.123. The van der Waals surface area contributed by atoms with Crippen molar-refractivity contribution in [1.82, 2.24) is 0 Å². The van der Waals surface area contributed by atoms with E-state index in [9.17, 15) is 19.2 Å². The maximum atomic E-state index is 13.2. The van der Waals surface area contributed by atoms with E-state index in [1.165, 1.54) is 12.1 Å². The molecule has 0 aromatic heterocycles. The Morgan fingerprint density at radius 1 is 1.06 bits per heavy atom. The first kappa shape index (κ1) is 24.3. The van der Waals surface area contributed by atoms with Crippen LogP contribution in [0.1, 0.15) is 22.3 Å². The van der Waals surface area contributed by atoms with Crippen LogP contribution in [0.4, 0.5) is 11.4 Å². The van der Waals surface area contributed by atoms with Crippen molar-refractivity contribution < 1.29 is 23.9 Å². The number of ether oxygens (including phenoxy) is 1. The van der Waals surface area contributed by atoms with Crippen LogP contribution in [0.2, 0.25) is 0 Å². The number of aryl methyl sites for hydroxylation is 1. The number of fused-ring (bicyclic) bond motifs is 5. The van der Waals surface area contributed by atoms with Crippen LogP contribution in [-0.4, -0.2) is 41.1 Å². The van der Waals surface area contributed by atoms with E-state index in [0.29, 0.717) is 12.1 Å². The third-order valence-corrected chi connectivity index (χ3v) is 8.94. The fraction of sp³-hybridized carbons (Fsp3) is 0.360. The second-order valence-electron chi connectivity index (χ2n) is 9.15. The summed E-state index contributed by atoms with van der Waals surface area (Å²) in [6, 6.07) is 11.5. The summed E-state index contributed by atoms with van der Waals surface area (Å²) in [5, 5.41) is 2.02. The van der Waals surface area contributed by atoms with Crippen molar-refractivity contribution in [3.8, 4) is 0 Å². The molecule has 3 aliphatic rings. The molecule has 0 unspecified atom stereocenters. The molecule has 2 aliphatic carbocycles. The average Bonchev–Trinajstić information content (AvgIpc) is 3.44. The van der Waals surface area contributed by atoms with Crippen molar-refractivity contribution >= 4 is 74.2 Å². The Kier molecular flexibility index (Phi) is 6.40. The summed E-state index contributed by atoms with van der Waals surface area (Å²) in [5.74, 6) is -3.06. The van der Waals surface area contributed by atoms with Crippen molar-refractivity contribution in [3.63, 3.8) is 0 Å². The average molecular weight is 580 g/mol. The van der Waals surface area contributed by atoms with Gasteiger partial charge < -0.3 is 10.1 Å². The van der Waals surface area contributed by atoms with Crippen LogP contribution in [0.25, 0.3) is 0 Å². The van der Waals surface area contributed by atoms with Crippen molar-refractivity contribution in [2.45, 2.75) is 24.1 Å². The molecule has 1 saturated heterocycles. The Morgan fingerprint density at radius 2 is 1.71 bits per heavy atom. The molecule has 0 radical (unpaired) electrons. The summed E-state index contributed by atoms with van der Waals surface area (Å²) in [7, 11) is 0. The standard InChI is InChI=1S/C25H21BrCl2N2O5/c1-11-7-13(26)5-6-17(11)29-18(31)10-35-25(34)12-3-2-4-14(8-12)30-23(32)19-15-9-16(20(19)24(30)33)22(28)21(15)27/h2-8,15-16,19-22H,9-10H2,1H3,(H,29,31)/t15-,16-,19-,20+,21+,22+/m1/s1. The number of rotatable bonds is 5. The van der Waals surface area contributed by atoms with E-state index in [0.717, 1.165) is 14.9 Å². The highest BCUT2D eigenvalue weighted by Crippen LogP contribution is 2.59. The fourth-order valence-corrected chi connectivity index (χ4v) is 6.91. The smallest absolute Gasteiger partial charge is 0.338 e. The maximum absolute atomic E-state index is 13.2. The number of hydrogen-bond acceptors (Lipinski definition) is 5. The number of esters is 1. The zero-order chi connectivity index (χ0) is 25.0. The number of nitrogens with one attached hydrogen (secondary N) is 1. The molecule has 10 heteroatoms. The minimum absolute atomic E-state index is 0.126. The molecular formula is C25H21BrCl2N2O5. The Balaban J connectivity index is 1.26. The van der Waals surface area contributed by atoms with Gasteiger partial charge in [-0.05, 0) is 67.1 Å². The minimum Gasteiger partial charge on any atom is -0.452 e. The third-order valence-electron chi connectivity index (χ3n) is 7.12. The van der Waals surface area contributed by atoms with E-state index < -0.39 is 30.3 Å². The summed E-state index contributed by atoms with van der Waals surface area (Å²) >= 11 is 16.2. The van der Waals surface area contributed by atoms with Crippen LogP contribution < -0.4 is 10.2 Å². The molecule has 7 nitrogen and oxygen atoms in total. The van der Waals surface area contributed by atoms with Gasteiger partial charge in [0.15, 0.2) is 6.61 Å². The van der Waals surface area contributed by atoms with E-state index in [1.807, 2.05) is 13.0 Å². The zero-order valence-corrected chi connectivity index (χ0v) is 21.6. The molecule has 35 heavy (non-hydrogen) atoms. The molecule has 1 aliphatic heterocycles. The topological polar surface area (TPSA) is 92.8 Å². The molecule has 2 saturated carbocycles. The number of carbonyl (C=O) groups is 4. The van der Waals surface area contributed by atoms with Gasteiger partial charge >= 0.3 is 5.97 Å². The lowest BCUT2D eigenvalue weighted by atomic mass is 9.80. The van der Waals surface area contributed by atoms with Crippen LogP contribution in [-0.2, 0) is 19.1 Å². The normalized spacial score (nSPS) is 28.9. The maximum Gasteiger partial charge on any atom is 0.338 e. The van der Waals surface area contributed by atoms with Crippen molar-refractivity contribution in [3.05, 3.63) is 58.1 Å². The number of imide groups is 1. The molecule has 3 fully saturated rings. The van der Waals surface area contributed by atoms with E-state index >= 15 is 0 Å². The van der Waals surface area contributed by atoms with Crippen molar-refractivity contribution in [1.29, 1.82) is 0 Å². The molecule has 3 amide bonds. The quantitative estimate of drug-likeness (QED) is 0.319. The molecule has 0 spiro atoms. The van der Waals surface area contributed by atoms with E-state index in [4.69, 9.17) is 27.9 Å². The fourth-order valence-electron chi connectivity index (χ4n) is 5.54. The van der Waals surface area contributed by atoms with E-state index in [1.54, 1.807) is 24.3 Å². The van der Waals surface area contributed by atoms with Gasteiger partial charge in [0.05, 0.1) is 33.8 Å². The molecule has 2 aromatic rings. The monoisotopic (exact) mass is 578 g/mol. The van der Waals surface area contributed by atoms with Gasteiger partial charge in [0, 0.05) is 10.2 Å². The first-order chi connectivity index (χ1) is 16.7. The number of hydrogen-bond donors (Lipinski definition) is 1. The molecule has 6 atom stereocenters. The summed E-state index contributed by atoms with van der Waals surface area (Å²) in [6.07, 6.45) is 0.678. The van der Waals surface area contributed by atoms with Crippen LogP contribution in [0.5, 0.6) is 0 Å². The highest BCUT2D eigenvalue weighted by atomic mass is 79.9. The predicted molar refractivity (Wildman–Crippen MR) is 135 cm³/mol. The first-order valence-corrected chi connectivity index (χ1v) is 12.8. The van der Waals surface area contributed by atoms with Crippen molar-refractivity contribution in [2.75, 3.05) is 16.8 Å². The van der Waals surface area contributed by atoms with Gasteiger partial charge in [0.25, 0.3) is 5.91 Å². The zero-order valence-electron chi connectivity index (χ0n) is 18.5. The molecule has 182 valence electrons. The number of anilines is 2. The van der Waals surface area contributed by atoms with Gasteiger partial charge in [-0.2, -0.15) is 0 Å². The number of nitrogens with zero attached hydrogens (tertiary/aromatic N) is 1. The van der Waals surface area contributed by atoms with Crippen LogP contribution in [0.15, 0.2) is 46.9 Å². The molecule has 2 aromatic carbocycles. The van der Waals surface area contributed by atoms with E-state index in [2.05, 4.69) is 21.2 Å². The SMILES string of the molecule is Cc1cc(Br)ccc1NC(=O)COC(=O)c1cccc(N2C(=O)[C@@H]3[C@H]4C[C@@H]([C@H](Cl)[C@H]4Cl)[C@@H]3C2=O)c1. The number of carbonyl (C=O) groups excluding carboxylic acids is 4. The summed E-state index contributed by atoms with van der Waals surface area (Å²) < 4.78 is 6.05.